The fraction of sp³-hybridized carbons (Fsp3) is 0.429. The Morgan fingerprint density at radius 2 is 1.87 bits per heavy atom. The van der Waals surface area contributed by atoms with Gasteiger partial charge in [0.25, 0.3) is 5.91 Å². The number of likely N-dealkylation sites (N-methyl/N-ethyl adjacent to an activating group) is 1. The van der Waals surface area contributed by atoms with Gasteiger partial charge in [-0.3, -0.25) is 4.79 Å². The molecule has 1 atom stereocenters. The Labute approximate surface area is 264 Å². The largest absolute Gasteiger partial charge is 0.496 e. The minimum absolute atomic E-state index is 0.0450. The van der Waals surface area contributed by atoms with Crippen LogP contribution in [0.3, 0.4) is 0 Å². The number of aromatic nitrogens is 3. The van der Waals surface area contributed by atoms with Crippen LogP contribution < -0.4 is 10.1 Å². The molecule has 2 aliphatic rings. The van der Waals surface area contributed by atoms with Crippen LogP contribution in [0.15, 0.2) is 36.1 Å². The number of hydrogen-bond donors (Lipinski definition) is 2. The zero-order valence-electron chi connectivity index (χ0n) is 27.3. The summed E-state index contributed by atoms with van der Waals surface area (Å²) in [6.07, 6.45) is 1.81. The van der Waals surface area contributed by atoms with Crippen LogP contribution in [0.4, 0.5) is 0 Å². The topological polar surface area (TPSA) is 119 Å². The first-order chi connectivity index (χ1) is 21.4. The minimum atomic E-state index is -0.823. The Morgan fingerprint density at radius 1 is 1.13 bits per heavy atom. The van der Waals surface area contributed by atoms with Crippen LogP contribution in [0.25, 0.3) is 38.8 Å². The van der Waals surface area contributed by atoms with Crippen molar-refractivity contribution in [1.29, 1.82) is 5.26 Å². The number of benzene rings is 2. The summed E-state index contributed by atoms with van der Waals surface area (Å²) in [4.78, 5) is 35.1. The number of aryl methyl sites for hydroxylation is 1. The number of nitriles is 1. The van der Waals surface area contributed by atoms with Crippen LogP contribution in [-0.2, 0) is 10.3 Å². The van der Waals surface area contributed by atoms with Gasteiger partial charge in [-0.15, -0.1) is 5.06 Å². The lowest BCUT2D eigenvalue weighted by molar-refractivity contribution is -0.0883. The van der Waals surface area contributed by atoms with Gasteiger partial charge in [-0.05, 0) is 103 Å². The molecule has 1 fully saturated rings. The third-order valence-corrected chi connectivity index (χ3v) is 9.32. The van der Waals surface area contributed by atoms with Crippen molar-refractivity contribution in [1.82, 2.24) is 30.2 Å². The van der Waals surface area contributed by atoms with E-state index in [-0.39, 0.29) is 18.0 Å². The normalized spacial score (nSPS) is 18.4. The van der Waals surface area contributed by atoms with Crippen molar-refractivity contribution < 1.29 is 14.4 Å². The van der Waals surface area contributed by atoms with Gasteiger partial charge in [0, 0.05) is 46.3 Å². The molecule has 2 N–H and O–H groups in total. The zero-order valence-corrected chi connectivity index (χ0v) is 27.3. The molecule has 0 radical (unpaired) electrons. The third-order valence-electron chi connectivity index (χ3n) is 9.32. The molecule has 2 aromatic carbocycles. The summed E-state index contributed by atoms with van der Waals surface area (Å²) in [5, 5.41) is 16.9. The summed E-state index contributed by atoms with van der Waals surface area (Å²) >= 11 is 0. The van der Waals surface area contributed by atoms with Crippen molar-refractivity contribution in [3.63, 3.8) is 0 Å². The first-order valence-electron chi connectivity index (χ1n) is 15.5. The number of carbonyl (C=O) groups is 1. The maximum atomic E-state index is 13.7. The van der Waals surface area contributed by atoms with Gasteiger partial charge in [0.15, 0.2) is 0 Å². The molecule has 234 valence electrons. The molecule has 2 aromatic heterocycles. The van der Waals surface area contributed by atoms with Gasteiger partial charge in [-0.25, -0.2) is 9.97 Å². The fourth-order valence-corrected chi connectivity index (χ4v) is 6.50. The highest BCUT2D eigenvalue weighted by atomic mass is 16.7. The third kappa shape index (κ3) is 5.51. The second-order valence-electron chi connectivity index (χ2n) is 12.9. The lowest BCUT2D eigenvalue weighted by Crippen LogP contribution is -2.43. The first kappa shape index (κ1) is 30.6. The molecule has 2 aliphatic heterocycles. The van der Waals surface area contributed by atoms with Gasteiger partial charge in [0.2, 0.25) is 0 Å². The highest BCUT2D eigenvalue weighted by Gasteiger charge is 2.31. The number of hydrogen-bond acceptors (Lipinski definition) is 8. The van der Waals surface area contributed by atoms with Crippen LogP contribution in [0.2, 0.25) is 0 Å². The van der Waals surface area contributed by atoms with E-state index in [1.54, 1.807) is 7.11 Å². The second kappa shape index (κ2) is 11.5. The number of carbonyl (C=O) groups excluding carboxylic acids is 1. The molecule has 4 aromatic rings. The van der Waals surface area contributed by atoms with Crippen LogP contribution >= 0.6 is 0 Å². The molecular weight excluding hydrogens is 566 g/mol. The average molecular weight is 608 g/mol. The summed E-state index contributed by atoms with van der Waals surface area (Å²) in [5.74, 6) is 2.00. The lowest BCUT2D eigenvalue weighted by Gasteiger charge is -2.29. The molecule has 0 aliphatic carbocycles. The molecule has 1 amide bonds. The second-order valence-corrected chi connectivity index (χ2v) is 12.9. The van der Waals surface area contributed by atoms with Crippen LogP contribution in [-0.4, -0.2) is 77.2 Å². The smallest absolute Gasteiger partial charge is 0.251 e. The predicted molar refractivity (Wildman–Crippen MR) is 176 cm³/mol. The van der Waals surface area contributed by atoms with Crippen molar-refractivity contribution in [3.8, 4) is 23.1 Å². The van der Waals surface area contributed by atoms with Crippen molar-refractivity contribution in [2.75, 3.05) is 34.3 Å². The Balaban J connectivity index is 1.52. The van der Waals surface area contributed by atoms with Crippen molar-refractivity contribution >= 4 is 33.4 Å². The van der Waals surface area contributed by atoms with E-state index in [1.807, 2.05) is 64.1 Å². The van der Waals surface area contributed by atoms with Gasteiger partial charge in [-0.1, -0.05) is 0 Å². The first-order valence-corrected chi connectivity index (χ1v) is 15.5. The quantitative estimate of drug-likeness (QED) is 0.286. The number of methoxy groups -OCH3 is 1. The number of aromatic amines is 1. The molecule has 0 saturated carbocycles. The number of allylic oxidation sites excluding steroid dienone is 1. The maximum Gasteiger partial charge on any atom is 0.251 e. The summed E-state index contributed by atoms with van der Waals surface area (Å²) in [6.45, 7) is 11.6. The molecule has 45 heavy (non-hydrogen) atoms. The van der Waals surface area contributed by atoms with E-state index >= 15 is 0 Å². The van der Waals surface area contributed by atoms with Gasteiger partial charge in [0.05, 0.1) is 35.7 Å². The number of likely N-dealkylation sites (tertiary alicyclic amines) is 1. The molecule has 1 unspecified atom stereocenters. The molecule has 6 rings (SSSR count). The van der Waals surface area contributed by atoms with E-state index in [0.717, 1.165) is 70.2 Å². The van der Waals surface area contributed by atoms with Crippen LogP contribution in [0, 0.1) is 18.3 Å². The molecule has 0 bridgehead atoms. The molecular formula is C35H41N7O3. The lowest BCUT2D eigenvalue weighted by atomic mass is 9.83. The number of ether oxygens (including phenoxy) is 1. The van der Waals surface area contributed by atoms with Crippen LogP contribution in [0.5, 0.6) is 5.75 Å². The molecule has 4 heterocycles. The van der Waals surface area contributed by atoms with Crippen molar-refractivity contribution in [3.05, 3.63) is 58.6 Å². The molecule has 0 spiro atoms. The van der Waals surface area contributed by atoms with Crippen molar-refractivity contribution in [2.24, 2.45) is 0 Å². The SMILES string of the molecule is COc1cc2c(cc1C1=C(C)ON(C)C1C)[nH]c1nc(C)nc(-c3cc(C(=O)NC4CCN(C)CC4)cc(C(C)(C)C#N)c3)c12. The Bertz CT molecular complexity index is 1890. The summed E-state index contributed by atoms with van der Waals surface area (Å²) in [6, 6.07) is 12.4. The number of nitrogens with one attached hydrogen (secondary N) is 2. The fourth-order valence-electron chi connectivity index (χ4n) is 6.50. The van der Waals surface area contributed by atoms with Gasteiger partial charge in [0.1, 0.15) is 23.0 Å². The number of H-pyrrole nitrogens is 1. The number of piperidine rings is 1. The molecule has 10 heteroatoms. The summed E-state index contributed by atoms with van der Waals surface area (Å²) < 4.78 is 5.94. The Hall–Kier alpha value is -4.46. The minimum Gasteiger partial charge on any atom is -0.496 e. The van der Waals surface area contributed by atoms with E-state index in [0.29, 0.717) is 28.5 Å². The van der Waals surface area contributed by atoms with E-state index in [9.17, 15) is 10.1 Å². The van der Waals surface area contributed by atoms with E-state index < -0.39 is 5.41 Å². The van der Waals surface area contributed by atoms with E-state index in [2.05, 4.69) is 41.3 Å². The predicted octanol–water partition coefficient (Wildman–Crippen LogP) is 5.72. The van der Waals surface area contributed by atoms with Gasteiger partial charge >= 0.3 is 0 Å². The highest BCUT2D eigenvalue weighted by Crippen LogP contribution is 2.42. The number of rotatable bonds is 6. The standard InChI is InChI=1S/C35H41N7O3/c1-19-30(20(2)45-42(19)7)27-16-28-26(17-29(27)44-8)31-32(37-21(3)38-33(31)40-28)22-13-23(15-24(14-22)35(4,5)18-36)34(43)39-25-9-11-41(6)12-10-25/h13-17,19,25H,9-12H2,1-8H3,(H,39,43)(H,37,38,40). The number of fused-ring (bicyclic) bond motifs is 3. The zero-order chi connectivity index (χ0) is 32.2. The number of hydroxylamine groups is 2. The average Bonchev–Trinajstić information content (AvgIpc) is 3.50. The van der Waals surface area contributed by atoms with Gasteiger partial charge < -0.3 is 24.8 Å². The monoisotopic (exact) mass is 607 g/mol. The molecule has 10 nitrogen and oxygen atoms in total. The number of amides is 1. The summed E-state index contributed by atoms with van der Waals surface area (Å²) in [7, 11) is 5.69. The molecule has 1 saturated heterocycles. The van der Waals surface area contributed by atoms with Crippen molar-refractivity contribution in [2.45, 2.75) is 65.0 Å². The Kier molecular flexibility index (Phi) is 7.79. The van der Waals surface area contributed by atoms with Crippen LogP contribution in [0.1, 0.15) is 67.8 Å². The van der Waals surface area contributed by atoms with E-state index in [1.165, 1.54) is 0 Å². The van der Waals surface area contributed by atoms with E-state index in [4.69, 9.17) is 19.5 Å². The highest BCUT2D eigenvalue weighted by molar-refractivity contribution is 6.13. The maximum absolute atomic E-state index is 13.7. The Morgan fingerprint density at radius 3 is 2.51 bits per heavy atom. The number of nitrogens with zero attached hydrogens (tertiary/aromatic N) is 5. The van der Waals surface area contributed by atoms with Gasteiger partial charge in [-0.2, -0.15) is 5.26 Å². The summed E-state index contributed by atoms with van der Waals surface area (Å²) in [5.41, 5.74) is 5.46.